The van der Waals surface area contributed by atoms with Crippen LogP contribution in [0.3, 0.4) is 0 Å². The minimum atomic E-state index is -4.41. The van der Waals surface area contributed by atoms with Gasteiger partial charge in [-0.2, -0.15) is 0 Å². The molecule has 1 atom stereocenters. The fourth-order valence-corrected chi connectivity index (χ4v) is 6.04. The van der Waals surface area contributed by atoms with Gasteiger partial charge in [-0.3, -0.25) is 13.9 Å². The summed E-state index contributed by atoms with van der Waals surface area (Å²) in [5.41, 5.74) is 0.622. The number of carbonyl (C=O) groups excluding carboxylic acids is 2. The molecular weight excluding hydrogens is 608 g/mol. The summed E-state index contributed by atoms with van der Waals surface area (Å²) in [6.07, 6.45) is 0.248. The minimum Gasteiger partial charge on any atom is -0.493 e. The maximum atomic E-state index is 14.0. The van der Waals surface area contributed by atoms with E-state index < -0.39 is 40.2 Å². The summed E-state index contributed by atoms with van der Waals surface area (Å²) in [7, 11) is -1.64. The summed E-state index contributed by atoms with van der Waals surface area (Å²) < 4.78 is 53.2. The highest BCUT2D eigenvalue weighted by Gasteiger charge is 2.34. The number of nitrogens with one attached hydrogen (secondary N) is 1. The maximum Gasteiger partial charge on any atom is 0.264 e. The van der Waals surface area contributed by atoms with Crippen molar-refractivity contribution >= 4 is 50.7 Å². The smallest absolute Gasteiger partial charge is 0.264 e. The lowest BCUT2D eigenvalue weighted by Gasteiger charge is -2.33. The molecule has 1 N–H and O–H groups in total. The van der Waals surface area contributed by atoms with E-state index in [9.17, 15) is 22.4 Å². The number of likely N-dealkylation sites (N-methyl/N-ethyl adjacent to an activating group) is 1. The Morgan fingerprint density at radius 1 is 0.929 bits per heavy atom. The predicted octanol–water partition coefficient (Wildman–Crippen LogP) is 5.29. The number of amides is 2. The first-order chi connectivity index (χ1) is 20.0. The van der Waals surface area contributed by atoms with Gasteiger partial charge in [-0.25, -0.2) is 12.8 Å². The Kier molecular flexibility index (Phi) is 11.4. The highest BCUT2D eigenvalue weighted by Crippen LogP contribution is 2.32. The summed E-state index contributed by atoms with van der Waals surface area (Å²) in [6, 6.07) is 12.6. The lowest BCUT2D eigenvalue weighted by molar-refractivity contribution is -0.140. The summed E-state index contributed by atoms with van der Waals surface area (Å²) in [5, 5.41) is 3.31. The van der Waals surface area contributed by atoms with Gasteiger partial charge in [0.25, 0.3) is 10.0 Å². The van der Waals surface area contributed by atoms with Crippen molar-refractivity contribution in [1.82, 2.24) is 10.2 Å². The number of sulfonamides is 1. The molecule has 3 rings (SSSR count). The van der Waals surface area contributed by atoms with Crippen LogP contribution in [0, 0.1) is 5.82 Å². The maximum absolute atomic E-state index is 14.0. The molecule has 9 nitrogen and oxygen atoms in total. The first-order valence-corrected chi connectivity index (χ1v) is 15.2. The summed E-state index contributed by atoms with van der Waals surface area (Å²) in [5.74, 6) is -1.19. The number of hydrogen-bond acceptors (Lipinski definition) is 6. The Morgan fingerprint density at radius 2 is 1.60 bits per heavy atom. The molecule has 0 unspecified atom stereocenters. The molecule has 42 heavy (non-hydrogen) atoms. The van der Waals surface area contributed by atoms with Crippen molar-refractivity contribution in [3.63, 3.8) is 0 Å². The molecule has 0 aromatic heterocycles. The lowest BCUT2D eigenvalue weighted by Crippen LogP contribution is -2.52. The standard InChI is InChI=1S/C29H32Cl2FN3O6S/c1-5-25(29(37)33-6-2)34(17-19-7-13-23(30)24(31)15-19)28(36)18-35(21-10-8-20(32)9-11-21)42(38,39)22-12-14-26(40-3)27(16-22)41-4/h7-16,25H,5-6,17-18H2,1-4H3,(H,33,37)/t25-/m0/s1. The second-order valence-corrected chi connectivity index (χ2v) is 11.8. The largest absolute Gasteiger partial charge is 0.493 e. The number of benzene rings is 3. The first kappa shape index (κ1) is 33.0. The molecular formula is C29H32Cl2FN3O6S. The van der Waals surface area contributed by atoms with Crippen molar-refractivity contribution < 1.29 is 31.9 Å². The van der Waals surface area contributed by atoms with Gasteiger partial charge in [-0.1, -0.05) is 36.2 Å². The topological polar surface area (TPSA) is 105 Å². The number of carbonyl (C=O) groups is 2. The molecule has 3 aromatic carbocycles. The van der Waals surface area contributed by atoms with Gasteiger partial charge in [-0.05, 0) is 67.4 Å². The van der Waals surface area contributed by atoms with Gasteiger partial charge >= 0.3 is 0 Å². The second kappa shape index (κ2) is 14.6. The fraction of sp³-hybridized carbons (Fsp3) is 0.310. The van der Waals surface area contributed by atoms with Crippen molar-refractivity contribution in [1.29, 1.82) is 0 Å². The monoisotopic (exact) mass is 639 g/mol. The van der Waals surface area contributed by atoms with Gasteiger partial charge in [0, 0.05) is 19.2 Å². The third-order valence-electron chi connectivity index (χ3n) is 6.41. The molecule has 0 saturated carbocycles. The average molecular weight is 641 g/mol. The van der Waals surface area contributed by atoms with Crippen molar-refractivity contribution in [2.75, 3.05) is 31.6 Å². The fourth-order valence-electron chi connectivity index (χ4n) is 4.29. The van der Waals surface area contributed by atoms with E-state index in [0.717, 1.165) is 16.4 Å². The van der Waals surface area contributed by atoms with Crippen LogP contribution in [0.2, 0.25) is 10.0 Å². The summed E-state index contributed by atoms with van der Waals surface area (Å²) >= 11 is 12.3. The number of halogens is 3. The summed E-state index contributed by atoms with van der Waals surface area (Å²) in [6.45, 7) is 3.08. The highest BCUT2D eigenvalue weighted by molar-refractivity contribution is 7.92. The van der Waals surface area contributed by atoms with Crippen LogP contribution in [-0.4, -0.2) is 58.5 Å². The van der Waals surface area contributed by atoms with Gasteiger partial charge in [0.1, 0.15) is 18.4 Å². The number of anilines is 1. The Bertz CT molecular complexity index is 1520. The lowest BCUT2D eigenvalue weighted by atomic mass is 10.1. The van der Waals surface area contributed by atoms with Gasteiger partial charge < -0.3 is 19.7 Å². The zero-order valence-corrected chi connectivity index (χ0v) is 25.9. The van der Waals surface area contributed by atoms with Crippen LogP contribution >= 0.6 is 23.2 Å². The van der Waals surface area contributed by atoms with Crippen LogP contribution in [0.1, 0.15) is 25.8 Å². The van der Waals surface area contributed by atoms with E-state index in [1.165, 1.54) is 49.5 Å². The third kappa shape index (κ3) is 7.64. The van der Waals surface area contributed by atoms with E-state index >= 15 is 0 Å². The predicted molar refractivity (Wildman–Crippen MR) is 160 cm³/mol. The Labute approximate surface area is 255 Å². The van der Waals surface area contributed by atoms with Crippen LogP contribution in [-0.2, 0) is 26.2 Å². The number of rotatable bonds is 13. The number of nitrogens with zero attached hydrogens (tertiary/aromatic N) is 2. The van der Waals surface area contributed by atoms with Crippen LogP contribution in [0.15, 0.2) is 65.6 Å². The van der Waals surface area contributed by atoms with E-state index in [-0.39, 0.29) is 34.3 Å². The first-order valence-electron chi connectivity index (χ1n) is 13.0. The number of hydrogen-bond donors (Lipinski definition) is 1. The molecule has 13 heteroatoms. The van der Waals surface area contributed by atoms with E-state index in [1.807, 2.05) is 0 Å². The molecule has 226 valence electrons. The van der Waals surface area contributed by atoms with Crippen LogP contribution < -0.4 is 19.1 Å². The molecule has 0 spiro atoms. The van der Waals surface area contributed by atoms with Crippen molar-refractivity contribution in [2.45, 2.75) is 37.8 Å². The molecule has 0 aliphatic carbocycles. The van der Waals surface area contributed by atoms with Crippen LogP contribution in [0.25, 0.3) is 0 Å². The van der Waals surface area contributed by atoms with E-state index in [2.05, 4.69) is 5.32 Å². The summed E-state index contributed by atoms with van der Waals surface area (Å²) in [4.78, 5) is 28.2. The molecule has 0 bridgehead atoms. The Morgan fingerprint density at radius 3 is 2.17 bits per heavy atom. The van der Waals surface area contributed by atoms with Gasteiger partial charge in [0.2, 0.25) is 11.8 Å². The number of ether oxygens (including phenoxy) is 2. The SMILES string of the molecule is CCNC(=O)[C@H](CC)N(Cc1ccc(Cl)c(Cl)c1)C(=O)CN(c1ccc(F)cc1)S(=O)(=O)c1ccc(OC)c(OC)c1. The van der Waals surface area contributed by atoms with Gasteiger partial charge in [-0.15, -0.1) is 0 Å². The zero-order valence-electron chi connectivity index (χ0n) is 23.6. The normalized spacial score (nSPS) is 11.9. The van der Waals surface area contributed by atoms with Crippen molar-refractivity contribution in [3.8, 4) is 11.5 Å². The molecule has 3 aromatic rings. The molecule has 0 aliphatic heterocycles. The van der Waals surface area contributed by atoms with Crippen LogP contribution in [0.4, 0.5) is 10.1 Å². The Hall–Kier alpha value is -3.54. The quantitative estimate of drug-likeness (QED) is 0.273. The van der Waals surface area contributed by atoms with E-state index in [1.54, 1.807) is 32.0 Å². The second-order valence-electron chi connectivity index (χ2n) is 9.09. The molecule has 0 aliphatic rings. The van der Waals surface area contributed by atoms with Crippen molar-refractivity contribution in [2.24, 2.45) is 0 Å². The highest BCUT2D eigenvalue weighted by atomic mass is 35.5. The van der Waals surface area contributed by atoms with E-state index in [0.29, 0.717) is 22.9 Å². The number of methoxy groups -OCH3 is 2. The van der Waals surface area contributed by atoms with Gasteiger partial charge in [0.15, 0.2) is 11.5 Å². The molecule has 0 saturated heterocycles. The Balaban J connectivity index is 2.10. The van der Waals surface area contributed by atoms with Gasteiger partial charge in [0.05, 0.1) is 34.8 Å². The van der Waals surface area contributed by atoms with Crippen LogP contribution in [0.5, 0.6) is 11.5 Å². The zero-order chi connectivity index (χ0) is 31.0. The molecule has 0 radical (unpaired) electrons. The third-order valence-corrected chi connectivity index (χ3v) is 8.92. The van der Waals surface area contributed by atoms with Crippen molar-refractivity contribution in [3.05, 3.63) is 82.1 Å². The molecule has 2 amide bonds. The molecule has 0 fully saturated rings. The average Bonchev–Trinajstić information content (AvgIpc) is 2.97. The molecule has 0 heterocycles. The minimum absolute atomic E-state index is 0.0417. The van der Waals surface area contributed by atoms with E-state index in [4.69, 9.17) is 32.7 Å².